The third-order valence-electron chi connectivity index (χ3n) is 26.7. The van der Waals surface area contributed by atoms with E-state index in [0.29, 0.717) is 100 Å². The number of aromatic nitrogens is 4. The van der Waals surface area contributed by atoms with Crippen molar-refractivity contribution in [2.45, 2.75) is 352 Å². The molecule has 142 heavy (non-hydrogen) atoms. The molecule has 0 spiro atoms. The number of fused-ring (bicyclic) bond motifs is 4. The molecule has 12 aromatic rings. The first-order valence-electron chi connectivity index (χ1n) is 53.5. The summed E-state index contributed by atoms with van der Waals surface area (Å²) in [5.74, 6) is 3.22. The first kappa shape index (κ1) is 115. The van der Waals surface area contributed by atoms with Crippen LogP contribution >= 0.6 is 0 Å². The van der Waals surface area contributed by atoms with Gasteiger partial charge in [-0.05, 0) is 322 Å². The van der Waals surface area contributed by atoms with Gasteiger partial charge in [0.2, 0.25) is 39.3 Å². The van der Waals surface area contributed by atoms with E-state index in [1.807, 2.05) is 195 Å². The van der Waals surface area contributed by atoms with Crippen LogP contribution in [0.2, 0.25) is 0 Å². The third-order valence-corrected chi connectivity index (χ3v) is 34.2. The van der Waals surface area contributed by atoms with Crippen LogP contribution in [0.3, 0.4) is 0 Å². The molecule has 1 aliphatic heterocycles. The number of pyridine rings is 4. The maximum Gasteiger partial charge on any atom is 0.209 e. The van der Waals surface area contributed by atoms with Crippen molar-refractivity contribution >= 4 is 61.4 Å². The Kier molecular flexibility index (Phi) is 47.0. The van der Waals surface area contributed by atoms with Gasteiger partial charge in [0.1, 0.15) is 42.6 Å². The molecule has 0 radical (unpaired) electrons. The number of nitrogens with zero attached hydrogens (tertiary/aromatic N) is 7. The smallest absolute Gasteiger partial charge is 0.209 e. The fourth-order valence-corrected chi connectivity index (χ4v) is 25.7. The van der Waals surface area contributed by atoms with E-state index in [9.17, 15) is 33.7 Å². The largest absolute Gasteiger partial charge is 0.494 e. The molecule has 1 aliphatic rings. The molecule has 8 aromatic heterocycles. The summed E-state index contributed by atoms with van der Waals surface area (Å²) in [6.45, 7) is 45.3. The van der Waals surface area contributed by atoms with Crippen molar-refractivity contribution in [1.82, 2.24) is 37.6 Å². The standard InChI is InChI=1S/C36H56N2O3S.C32H48N2O3S.C26H34N2O3S.C24H32N2O3S/c1-5-7-9-11-13-16-25-37(26-17-14-12-10-8-6-2)27-19-29-41-32-21-23-33(24-22-32)42(39,40)36-34(31(3)4)30-38-28-18-15-20-35(36)38;1-5-7-9-12-21-33(22-13-10-8-6-2)23-15-25-37-28-17-19-29(20-18-28)38(35,36)32-30(27(3)4)26-34-24-14-11-16-31(32)34;1-21(2)24-20-28-18-8-5-10-25(28)26(24)32(29,30)23-13-11-22(12-14-23)31-19-9-17-27-15-6-3-4-7-16-27;1-18(2)21-17-26-15-7-6-9-22(26)23(21)30(27,28)20-12-10-19(11-13-20)29-16-8-14-25-24(3,4)5/h15,18,20-24,28,30-31H,5-14,16-17,19,25-27,29H2,1-4H3;11,14,16-20,24,26-27H,5-10,12-13,15,21-23,25H2,1-4H3;5,8,10-14,18,20-21H,3-4,6-7,9,15-17,19H2,1-2H3;6-7,9-13,15,17-18,25H,8,14,16H2,1-5H3. The molecule has 1 fully saturated rings. The monoisotopic (exact) mass is 2020 g/mol. The fraction of sp³-hybridized carbons (Fsp3) is 0.525. The summed E-state index contributed by atoms with van der Waals surface area (Å²) in [6.07, 6.45) is 50.7. The van der Waals surface area contributed by atoms with Gasteiger partial charge in [0.05, 0.1) is 68.1 Å². The Labute approximate surface area is 854 Å². The Bertz CT molecular complexity index is 6160. The third kappa shape index (κ3) is 34.2. The number of rotatable bonds is 56. The Morgan fingerprint density at radius 3 is 0.796 bits per heavy atom. The van der Waals surface area contributed by atoms with E-state index in [4.69, 9.17) is 18.9 Å². The van der Waals surface area contributed by atoms with Gasteiger partial charge in [-0.15, -0.1) is 0 Å². The van der Waals surface area contributed by atoms with Gasteiger partial charge in [-0.3, -0.25) is 0 Å². The highest BCUT2D eigenvalue weighted by Crippen LogP contribution is 2.40. The number of benzene rings is 4. The number of hydrogen-bond donors (Lipinski definition) is 1. The van der Waals surface area contributed by atoms with Gasteiger partial charge < -0.3 is 56.6 Å². The molecule has 0 aliphatic carbocycles. The van der Waals surface area contributed by atoms with Crippen molar-refractivity contribution in [3.05, 3.63) is 242 Å². The van der Waals surface area contributed by atoms with E-state index >= 15 is 0 Å². The SMILES string of the molecule is CC(C)c1cn2ccccc2c1S(=O)(=O)c1ccc(OCCCN2CCCCCC2)cc1.CC(C)c1cn2ccccc2c1S(=O)(=O)c1ccc(OCCCNC(C)(C)C)cc1.CCCCCCCCN(CCCCCCCC)CCCOc1ccc(S(=O)(=O)c2c(C(C)C)cn3ccccc23)cc1.CCCCCCN(CCCCCC)CCCOc1ccc(S(=O)(=O)c2c(C(C)C)cn3ccccc23)cc1. The van der Waals surface area contributed by atoms with E-state index in [2.05, 4.69) is 68.5 Å². The average Bonchev–Trinajstić information content (AvgIpc) is 1.61. The van der Waals surface area contributed by atoms with E-state index < -0.39 is 39.3 Å². The number of ether oxygens (including phenoxy) is 4. The summed E-state index contributed by atoms with van der Waals surface area (Å²) >= 11 is 0. The molecule has 20 nitrogen and oxygen atoms in total. The lowest BCUT2D eigenvalue weighted by Gasteiger charge is -2.22. The van der Waals surface area contributed by atoms with Crippen LogP contribution < -0.4 is 24.3 Å². The molecule has 0 amide bonds. The van der Waals surface area contributed by atoms with Gasteiger partial charge in [0.15, 0.2) is 0 Å². The van der Waals surface area contributed by atoms with Crippen molar-refractivity contribution in [2.75, 3.05) is 91.9 Å². The van der Waals surface area contributed by atoms with E-state index in [0.717, 1.165) is 79.9 Å². The quantitative estimate of drug-likeness (QED) is 0.0351. The van der Waals surface area contributed by atoms with Crippen LogP contribution in [0.15, 0.2) is 259 Å². The first-order chi connectivity index (χ1) is 68.3. The summed E-state index contributed by atoms with van der Waals surface area (Å²) in [7, 11) is -14.6. The Hall–Kier alpha value is -9.24. The number of unbranched alkanes of at least 4 members (excludes halogenated alkanes) is 16. The maximum absolute atomic E-state index is 13.7. The zero-order valence-corrected chi connectivity index (χ0v) is 91.7. The lowest BCUT2D eigenvalue weighted by Crippen LogP contribution is -2.36. The Morgan fingerprint density at radius 1 is 0.296 bits per heavy atom. The second-order valence-corrected chi connectivity index (χ2v) is 48.3. The molecule has 1 N–H and O–H groups in total. The molecule has 778 valence electrons. The van der Waals surface area contributed by atoms with E-state index in [1.165, 1.54) is 193 Å². The highest BCUT2D eigenvalue weighted by Gasteiger charge is 2.33. The molecule has 1 saturated heterocycles. The van der Waals surface area contributed by atoms with Crippen molar-refractivity contribution in [1.29, 1.82) is 0 Å². The summed E-state index contributed by atoms with van der Waals surface area (Å²) in [5.41, 5.74) is 6.28. The second kappa shape index (κ2) is 58.2. The van der Waals surface area contributed by atoms with Crippen molar-refractivity contribution in [3.8, 4) is 23.0 Å². The number of nitrogens with one attached hydrogen (secondary N) is 1. The zero-order valence-electron chi connectivity index (χ0n) is 88.5. The summed E-state index contributed by atoms with van der Waals surface area (Å²) in [4.78, 5) is 10.5. The minimum absolute atomic E-state index is 0.0914. The minimum Gasteiger partial charge on any atom is -0.494 e. The van der Waals surface area contributed by atoms with Crippen LogP contribution in [-0.4, -0.2) is 163 Å². The van der Waals surface area contributed by atoms with Crippen molar-refractivity contribution in [2.24, 2.45) is 0 Å². The summed E-state index contributed by atoms with van der Waals surface area (Å²) in [6, 6.07) is 50.1. The number of sulfone groups is 4. The van der Waals surface area contributed by atoms with Gasteiger partial charge in [-0.25, -0.2) is 33.7 Å². The van der Waals surface area contributed by atoms with Gasteiger partial charge >= 0.3 is 0 Å². The van der Waals surface area contributed by atoms with E-state index in [1.54, 1.807) is 97.1 Å². The number of likely N-dealkylation sites (tertiary alicyclic amines) is 1. The van der Waals surface area contributed by atoms with Crippen LogP contribution in [0.5, 0.6) is 23.0 Å². The molecule has 24 heteroatoms. The molecule has 0 atom stereocenters. The molecule has 0 unspecified atom stereocenters. The van der Waals surface area contributed by atoms with Crippen LogP contribution in [0.4, 0.5) is 0 Å². The van der Waals surface area contributed by atoms with Crippen molar-refractivity contribution in [3.63, 3.8) is 0 Å². The minimum atomic E-state index is -3.67. The first-order valence-corrected chi connectivity index (χ1v) is 59.5. The summed E-state index contributed by atoms with van der Waals surface area (Å²) < 4.78 is 140. The van der Waals surface area contributed by atoms with E-state index in [-0.39, 0.29) is 34.1 Å². The molecule has 13 rings (SSSR count). The van der Waals surface area contributed by atoms with Crippen LogP contribution in [-0.2, 0) is 39.3 Å². The summed E-state index contributed by atoms with van der Waals surface area (Å²) in [5, 5.41) is 3.42. The Balaban J connectivity index is 0.000000196. The van der Waals surface area contributed by atoms with Gasteiger partial charge in [0.25, 0.3) is 0 Å². The van der Waals surface area contributed by atoms with Crippen LogP contribution in [0, 0.1) is 0 Å². The second-order valence-electron chi connectivity index (χ2n) is 40.7. The number of hydrogen-bond acceptors (Lipinski definition) is 16. The van der Waals surface area contributed by atoms with Crippen molar-refractivity contribution < 1.29 is 52.6 Å². The predicted octanol–water partition coefficient (Wildman–Crippen LogP) is 28.4. The maximum atomic E-state index is 13.7. The van der Waals surface area contributed by atoms with Gasteiger partial charge in [0, 0.05) is 74.7 Å². The van der Waals surface area contributed by atoms with Gasteiger partial charge in [-0.2, -0.15) is 0 Å². The highest BCUT2D eigenvalue weighted by atomic mass is 32.2. The van der Waals surface area contributed by atoms with Crippen LogP contribution in [0.1, 0.15) is 330 Å². The van der Waals surface area contributed by atoms with Crippen LogP contribution in [0.25, 0.3) is 22.1 Å². The molecule has 0 bridgehead atoms. The normalized spacial score (nSPS) is 13.1. The molecular weight excluding hydrogens is 1850 g/mol. The molecule has 0 saturated carbocycles. The highest BCUT2D eigenvalue weighted by molar-refractivity contribution is 7.92. The fourth-order valence-electron chi connectivity index (χ4n) is 18.6. The lowest BCUT2D eigenvalue weighted by molar-refractivity contribution is 0.226. The average molecular weight is 2020 g/mol. The molecule has 4 aromatic carbocycles. The van der Waals surface area contributed by atoms with Gasteiger partial charge in [-0.1, -0.05) is 223 Å². The predicted molar refractivity (Wildman–Crippen MR) is 585 cm³/mol. The Morgan fingerprint density at radius 2 is 0.535 bits per heavy atom. The topological polar surface area (TPSA) is 213 Å². The zero-order chi connectivity index (χ0) is 102. The lowest BCUT2D eigenvalue weighted by atomic mass is 10.1. The molecule has 9 heterocycles. The molecular formula is C118H170N8O12S4.